The van der Waals surface area contributed by atoms with Crippen LogP contribution in [0.2, 0.25) is 0 Å². The molecule has 2 saturated carbocycles. The largest absolute Gasteiger partial charge is 0.508 e. The Balaban J connectivity index is 1.48. The average Bonchev–Trinajstić information content (AvgIpc) is 3.19. The lowest BCUT2D eigenvalue weighted by molar-refractivity contribution is 0.137. The molecule has 4 N–H and O–H groups in total. The van der Waals surface area contributed by atoms with Gasteiger partial charge in [-0.05, 0) is 49.3 Å². The van der Waals surface area contributed by atoms with Crippen LogP contribution in [0.5, 0.6) is 28.7 Å². The SMILES string of the molecule is O=c1c(OC2CCCCC(C3CCCCCCCCCC3)C2)c(-c2ccc(O)c(O)c2)oc2cc(O)cc(O)c12. The molecule has 7 heteroatoms. The summed E-state index contributed by atoms with van der Waals surface area (Å²) >= 11 is 0. The number of ether oxygens (including phenoxy) is 1. The minimum atomic E-state index is -0.531. The molecule has 2 aliphatic carbocycles. The third-order valence-corrected chi connectivity index (χ3v) is 8.92. The summed E-state index contributed by atoms with van der Waals surface area (Å²) in [7, 11) is 0. The van der Waals surface area contributed by atoms with Crippen molar-refractivity contribution in [3.63, 3.8) is 0 Å². The van der Waals surface area contributed by atoms with Gasteiger partial charge in [0.1, 0.15) is 22.5 Å². The van der Waals surface area contributed by atoms with Crippen LogP contribution in [0.15, 0.2) is 39.5 Å². The molecule has 2 aromatic carbocycles. The smallest absolute Gasteiger partial charge is 0.239 e. The lowest BCUT2D eigenvalue weighted by Gasteiger charge is -2.29. The molecular formula is C33H42O7. The fourth-order valence-electron chi connectivity index (χ4n) is 6.77. The van der Waals surface area contributed by atoms with Crippen LogP contribution in [0, 0.1) is 11.8 Å². The minimum Gasteiger partial charge on any atom is -0.508 e. The van der Waals surface area contributed by atoms with E-state index in [0.717, 1.165) is 31.7 Å². The van der Waals surface area contributed by atoms with Gasteiger partial charge in [0.2, 0.25) is 11.2 Å². The van der Waals surface area contributed by atoms with Crippen molar-refractivity contribution in [2.24, 2.45) is 11.8 Å². The van der Waals surface area contributed by atoms with Gasteiger partial charge in [-0.15, -0.1) is 0 Å². The van der Waals surface area contributed by atoms with Gasteiger partial charge in [-0.1, -0.05) is 77.0 Å². The molecule has 0 aliphatic heterocycles. The Bertz CT molecular complexity index is 1350. The molecule has 5 rings (SSSR count). The van der Waals surface area contributed by atoms with Crippen molar-refractivity contribution in [1.82, 2.24) is 0 Å². The van der Waals surface area contributed by atoms with Crippen molar-refractivity contribution in [1.29, 1.82) is 0 Å². The molecule has 0 bridgehead atoms. The van der Waals surface area contributed by atoms with Crippen molar-refractivity contribution >= 4 is 11.0 Å². The van der Waals surface area contributed by atoms with Gasteiger partial charge >= 0.3 is 0 Å². The van der Waals surface area contributed by atoms with E-state index in [2.05, 4.69) is 0 Å². The number of hydrogen-bond donors (Lipinski definition) is 4. The van der Waals surface area contributed by atoms with E-state index < -0.39 is 5.43 Å². The quantitative estimate of drug-likeness (QED) is 0.191. The molecule has 40 heavy (non-hydrogen) atoms. The van der Waals surface area contributed by atoms with Crippen LogP contribution in [0.1, 0.15) is 96.3 Å². The van der Waals surface area contributed by atoms with Crippen LogP contribution < -0.4 is 10.2 Å². The summed E-state index contributed by atoms with van der Waals surface area (Å²) in [4.78, 5) is 13.8. The predicted molar refractivity (Wildman–Crippen MR) is 155 cm³/mol. The van der Waals surface area contributed by atoms with E-state index in [4.69, 9.17) is 9.15 Å². The summed E-state index contributed by atoms with van der Waals surface area (Å²) in [5, 5.41) is 40.5. The first-order valence-electron chi connectivity index (χ1n) is 15.1. The summed E-state index contributed by atoms with van der Waals surface area (Å²) in [5.41, 5.74) is -0.175. The molecule has 216 valence electrons. The Hall–Kier alpha value is -3.35. The van der Waals surface area contributed by atoms with E-state index in [1.165, 1.54) is 94.9 Å². The third kappa shape index (κ3) is 6.51. The van der Waals surface area contributed by atoms with Gasteiger partial charge in [-0.2, -0.15) is 0 Å². The van der Waals surface area contributed by atoms with Crippen LogP contribution in [-0.4, -0.2) is 26.5 Å². The zero-order chi connectivity index (χ0) is 28.1. The highest BCUT2D eigenvalue weighted by molar-refractivity contribution is 5.88. The zero-order valence-corrected chi connectivity index (χ0v) is 23.2. The highest BCUT2D eigenvalue weighted by Crippen LogP contribution is 2.41. The summed E-state index contributed by atoms with van der Waals surface area (Å²) in [5.74, 6) is -0.00789. The Kier molecular flexibility index (Phi) is 9.08. The zero-order valence-electron chi connectivity index (χ0n) is 23.2. The lowest BCUT2D eigenvalue weighted by Crippen LogP contribution is -2.26. The summed E-state index contributed by atoms with van der Waals surface area (Å²) in [6.45, 7) is 0. The second kappa shape index (κ2) is 12.9. The number of benzene rings is 2. The molecule has 7 nitrogen and oxygen atoms in total. The van der Waals surface area contributed by atoms with Gasteiger partial charge in [0.25, 0.3) is 0 Å². The maximum Gasteiger partial charge on any atom is 0.239 e. The summed E-state index contributed by atoms with van der Waals surface area (Å²) in [6.07, 6.45) is 17.9. The molecule has 0 saturated heterocycles. The van der Waals surface area contributed by atoms with E-state index in [9.17, 15) is 25.2 Å². The van der Waals surface area contributed by atoms with Gasteiger partial charge in [0.15, 0.2) is 17.3 Å². The first kappa shape index (κ1) is 28.2. The lowest BCUT2D eigenvalue weighted by atomic mass is 9.79. The monoisotopic (exact) mass is 550 g/mol. The van der Waals surface area contributed by atoms with Gasteiger partial charge in [-0.25, -0.2) is 0 Å². The molecule has 2 aliphatic rings. The van der Waals surface area contributed by atoms with Crippen LogP contribution in [0.3, 0.4) is 0 Å². The number of hydrogen-bond acceptors (Lipinski definition) is 7. The van der Waals surface area contributed by atoms with Gasteiger partial charge in [0, 0.05) is 17.7 Å². The van der Waals surface area contributed by atoms with E-state index in [0.29, 0.717) is 17.4 Å². The number of rotatable bonds is 4. The third-order valence-electron chi connectivity index (χ3n) is 8.92. The molecule has 0 amide bonds. The normalized spacial score (nSPS) is 21.9. The number of phenols is 4. The molecular weight excluding hydrogens is 508 g/mol. The maximum atomic E-state index is 13.8. The van der Waals surface area contributed by atoms with Crippen molar-refractivity contribution < 1.29 is 29.6 Å². The molecule has 2 unspecified atom stereocenters. The molecule has 2 atom stereocenters. The molecule has 0 radical (unpaired) electrons. The Morgan fingerprint density at radius 1 is 0.675 bits per heavy atom. The highest BCUT2D eigenvalue weighted by atomic mass is 16.5. The molecule has 2 fully saturated rings. The van der Waals surface area contributed by atoms with Crippen molar-refractivity contribution in [3.8, 4) is 40.1 Å². The average molecular weight is 551 g/mol. The fourth-order valence-corrected chi connectivity index (χ4v) is 6.77. The Labute approximate surface area is 235 Å². The standard InChI is InChI=1S/C33H42O7/c34-24-19-28(37)30-29(20-24)40-32(23-15-16-26(35)27(36)18-23)33(31(30)38)39-25-14-10-9-13-22(17-25)21-11-7-5-3-1-2-4-6-8-12-21/h15-16,18-22,25,34-37H,1-14,17H2. The van der Waals surface area contributed by atoms with Crippen molar-refractivity contribution in [2.75, 3.05) is 0 Å². The van der Waals surface area contributed by atoms with Crippen LogP contribution in [0.25, 0.3) is 22.3 Å². The van der Waals surface area contributed by atoms with E-state index in [-0.39, 0.29) is 51.6 Å². The van der Waals surface area contributed by atoms with Crippen LogP contribution in [-0.2, 0) is 0 Å². The van der Waals surface area contributed by atoms with Crippen molar-refractivity contribution in [2.45, 2.75) is 102 Å². The molecule has 0 spiro atoms. The predicted octanol–water partition coefficient (Wildman–Crippen LogP) is 8.14. The number of fused-ring (bicyclic) bond motifs is 1. The molecule has 1 heterocycles. The minimum absolute atomic E-state index is 0.00794. The fraction of sp³-hybridized carbons (Fsp3) is 0.545. The van der Waals surface area contributed by atoms with E-state index in [1.54, 1.807) is 0 Å². The summed E-state index contributed by atoms with van der Waals surface area (Å²) < 4.78 is 12.6. The van der Waals surface area contributed by atoms with Gasteiger partial charge < -0.3 is 29.6 Å². The Morgan fingerprint density at radius 3 is 2.00 bits per heavy atom. The second-order valence-electron chi connectivity index (χ2n) is 11.8. The second-order valence-corrected chi connectivity index (χ2v) is 11.8. The number of phenolic OH excluding ortho intramolecular Hbond substituents is 4. The molecule has 1 aromatic heterocycles. The maximum absolute atomic E-state index is 13.8. The van der Waals surface area contributed by atoms with Crippen molar-refractivity contribution in [3.05, 3.63) is 40.6 Å². The number of aromatic hydroxyl groups is 4. The van der Waals surface area contributed by atoms with Crippen LogP contribution >= 0.6 is 0 Å². The van der Waals surface area contributed by atoms with Crippen LogP contribution in [0.4, 0.5) is 0 Å². The van der Waals surface area contributed by atoms with E-state index in [1.807, 2.05) is 0 Å². The molecule has 3 aromatic rings. The van der Waals surface area contributed by atoms with Gasteiger partial charge in [-0.3, -0.25) is 4.79 Å². The highest BCUT2D eigenvalue weighted by Gasteiger charge is 2.30. The first-order chi connectivity index (χ1) is 19.4. The topological polar surface area (TPSA) is 120 Å². The Morgan fingerprint density at radius 2 is 1.30 bits per heavy atom. The first-order valence-corrected chi connectivity index (χ1v) is 15.1. The van der Waals surface area contributed by atoms with Gasteiger partial charge in [0.05, 0.1) is 6.10 Å². The summed E-state index contributed by atoms with van der Waals surface area (Å²) in [6, 6.07) is 6.55. The van der Waals surface area contributed by atoms with E-state index >= 15 is 0 Å².